The minimum absolute atomic E-state index is 0.974. The third-order valence-electron chi connectivity index (χ3n) is 5.57. The number of hydrogen-bond donors (Lipinski definition) is 0. The second-order valence-corrected chi connectivity index (χ2v) is 7.26. The van der Waals surface area contributed by atoms with Crippen molar-refractivity contribution in [3.05, 3.63) is 109 Å². The van der Waals surface area contributed by atoms with Crippen LogP contribution in [0.5, 0.6) is 0 Å². The van der Waals surface area contributed by atoms with E-state index in [0.717, 1.165) is 28.2 Å². The van der Waals surface area contributed by atoms with Crippen LogP contribution < -0.4 is 0 Å². The van der Waals surface area contributed by atoms with Crippen LogP contribution in [0.25, 0.3) is 49.8 Å². The van der Waals surface area contributed by atoms with Crippen LogP contribution in [-0.2, 0) is 0 Å². The molecule has 0 aliphatic rings. The van der Waals surface area contributed by atoms with Gasteiger partial charge in [-0.1, -0.05) is 159 Å². The summed E-state index contributed by atoms with van der Waals surface area (Å²) in [7, 11) is 0. The van der Waals surface area contributed by atoms with E-state index in [-0.39, 0.29) is 0 Å². The molecule has 0 saturated heterocycles. The second kappa shape index (κ2) is 15.3. The molecular formula is C35H42N2. The number of para-hydroxylation sites is 1. The Morgan fingerprint density at radius 3 is 1.43 bits per heavy atom. The van der Waals surface area contributed by atoms with Crippen LogP contribution in [0.2, 0.25) is 0 Å². The Hall–Kier alpha value is -3.91. The van der Waals surface area contributed by atoms with Gasteiger partial charge in [0.2, 0.25) is 0 Å². The Balaban J connectivity index is 0.000000553. The van der Waals surface area contributed by atoms with E-state index in [9.17, 15) is 0 Å². The topological polar surface area (TPSA) is 17.3 Å². The standard InChI is InChI=1S/C27H18N2.4C2H6/c1-3-11-19(12-4-1)25-26-23-17-8-7-15-21(23)22-16-9-10-18-24(22)29(26)27(28-25)20-13-5-2-6-14-20;4*1-2/h1-18H;4*1-2H3. The first-order valence-corrected chi connectivity index (χ1v) is 13.8. The maximum Gasteiger partial charge on any atom is 0.145 e. The molecule has 0 spiro atoms. The first kappa shape index (κ1) is 29.3. The van der Waals surface area contributed by atoms with Crippen LogP contribution in [0.3, 0.4) is 0 Å². The molecule has 0 unspecified atom stereocenters. The lowest BCUT2D eigenvalue weighted by Gasteiger charge is -2.11. The highest BCUT2D eigenvalue weighted by Gasteiger charge is 2.19. The van der Waals surface area contributed by atoms with E-state index in [4.69, 9.17) is 4.98 Å². The first-order valence-electron chi connectivity index (χ1n) is 13.8. The fourth-order valence-corrected chi connectivity index (χ4v) is 4.30. The van der Waals surface area contributed by atoms with E-state index in [1.807, 2.05) is 67.5 Å². The van der Waals surface area contributed by atoms with E-state index in [1.165, 1.54) is 21.7 Å². The van der Waals surface area contributed by atoms with Gasteiger partial charge in [0.05, 0.1) is 16.7 Å². The molecular weight excluding hydrogens is 448 g/mol. The van der Waals surface area contributed by atoms with Crippen LogP contribution in [0.1, 0.15) is 55.4 Å². The zero-order valence-electron chi connectivity index (χ0n) is 23.8. The summed E-state index contributed by atoms with van der Waals surface area (Å²) < 4.78 is 2.33. The molecule has 0 aliphatic heterocycles. The Morgan fingerprint density at radius 1 is 0.432 bits per heavy atom. The molecule has 2 aromatic heterocycles. The van der Waals surface area contributed by atoms with Gasteiger partial charge in [-0.3, -0.25) is 4.40 Å². The molecule has 2 nitrogen and oxygen atoms in total. The molecule has 0 radical (unpaired) electrons. The number of benzene rings is 4. The van der Waals surface area contributed by atoms with E-state index in [1.54, 1.807) is 0 Å². The zero-order chi connectivity index (χ0) is 27.2. The molecule has 2 heterocycles. The molecule has 4 aromatic carbocycles. The second-order valence-electron chi connectivity index (χ2n) is 7.26. The third kappa shape index (κ3) is 5.91. The molecule has 2 heteroatoms. The summed E-state index contributed by atoms with van der Waals surface area (Å²) in [6.45, 7) is 16.0. The Labute approximate surface area is 223 Å². The Morgan fingerprint density at radius 2 is 0.865 bits per heavy atom. The van der Waals surface area contributed by atoms with Crippen molar-refractivity contribution in [3.8, 4) is 22.6 Å². The summed E-state index contributed by atoms with van der Waals surface area (Å²) >= 11 is 0. The summed E-state index contributed by atoms with van der Waals surface area (Å²) in [5.74, 6) is 0.974. The lowest BCUT2D eigenvalue weighted by Crippen LogP contribution is -1.94. The van der Waals surface area contributed by atoms with Crippen LogP contribution in [0.15, 0.2) is 109 Å². The monoisotopic (exact) mass is 490 g/mol. The summed E-state index contributed by atoms with van der Waals surface area (Å²) in [6.07, 6.45) is 0. The highest BCUT2D eigenvalue weighted by molar-refractivity contribution is 6.16. The lowest BCUT2D eigenvalue weighted by molar-refractivity contribution is 1.22. The molecule has 37 heavy (non-hydrogen) atoms. The smallest absolute Gasteiger partial charge is 0.145 e. The maximum absolute atomic E-state index is 5.19. The van der Waals surface area contributed by atoms with E-state index < -0.39 is 0 Å². The van der Waals surface area contributed by atoms with Crippen molar-refractivity contribution in [1.29, 1.82) is 0 Å². The van der Waals surface area contributed by atoms with Crippen LogP contribution in [-0.4, -0.2) is 9.38 Å². The van der Waals surface area contributed by atoms with Gasteiger partial charge in [0, 0.05) is 21.9 Å². The van der Waals surface area contributed by atoms with E-state index in [0.29, 0.717) is 0 Å². The van der Waals surface area contributed by atoms with Gasteiger partial charge in [-0.05, 0) is 11.5 Å². The third-order valence-corrected chi connectivity index (χ3v) is 5.57. The summed E-state index contributed by atoms with van der Waals surface area (Å²) in [5, 5.41) is 3.72. The van der Waals surface area contributed by atoms with Gasteiger partial charge in [0.1, 0.15) is 5.82 Å². The van der Waals surface area contributed by atoms with Gasteiger partial charge in [-0.2, -0.15) is 0 Å². The van der Waals surface area contributed by atoms with Crippen LogP contribution in [0.4, 0.5) is 0 Å². The molecule has 0 fully saturated rings. The lowest BCUT2D eigenvalue weighted by atomic mass is 10.0. The van der Waals surface area contributed by atoms with Gasteiger partial charge in [-0.25, -0.2) is 4.98 Å². The number of pyridine rings is 1. The molecule has 0 N–H and O–H groups in total. The zero-order valence-corrected chi connectivity index (χ0v) is 23.8. The van der Waals surface area contributed by atoms with Crippen LogP contribution in [0, 0.1) is 0 Å². The average molecular weight is 491 g/mol. The van der Waals surface area contributed by atoms with Gasteiger partial charge in [0.15, 0.2) is 0 Å². The quantitative estimate of drug-likeness (QED) is 0.221. The van der Waals surface area contributed by atoms with Crippen molar-refractivity contribution in [1.82, 2.24) is 9.38 Å². The van der Waals surface area contributed by atoms with Crippen LogP contribution >= 0.6 is 0 Å². The largest absolute Gasteiger partial charge is 0.291 e. The number of rotatable bonds is 2. The Kier molecular flexibility index (Phi) is 12.1. The minimum atomic E-state index is 0.974. The average Bonchev–Trinajstić information content (AvgIpc) is 3.44. The number of imidazole rings is 1. The van der Waals surface area contributed by atoms with Crippen molar-refractivity contribution in [3.63, 3.8) is 0 Å². The number of hydrogen-bond acceptors (Lipinski definition) is 1. The molecule has 6 aromatic rings. The highest BCUT2D eigenvalue weighted by Crippen LogP contribution is 2.38. The van der Waals surface area contributed by atoms with Gasteiger partial charge in [0.25, 0.3) is 0 Å². The van der Waals surface area contributed by atoms with Crippen molar-refractivity contribution < 1.29 is 0 Å². The fourth-order valence-electron chi connectivity index (χ4n) is 4.30. The van der Waals surface area contributed by atoms with Crippen molar-refractivity contribution >= 4 is 27.2 Å². The number of nitrogens with zero attached hydrogens (tertiary/aromatic N) is 2. The normalized spacial score (nSPS) is 9.62. The molecule has 6 rings (SSSR count). The van der Waals surface area contributed by atoms with E-state index in [2.05, 4.69) is 101 Å². The Bertz CT molecular complexity index is 1370. The molecule has 192 valence electrons. The summed E-state index contributed by atoms with van der Waals surface area (Å²) in [5.41, 5.74) is 5.60. The maximum atomic E-state index is 5.19. The predicted molar refractivity (Wildman–Crippen MR) is 166 cm³/mol. The minimum Gasteiger partial charge on any atom is -0.291 e. The predicted octanol–water partition coefficient (Wildman–Crippen LogP) is 11.1. The summed E-state index contributed by atoms with van der Waals surface area (Å²) in [4.78, 5) is 5.19. The van der Waals surface area contributed by atoms with Crippen molar-refractivity contribution in [2.75, 3.05) is 0 Å². The molecule has 0 aliphatic carbocycles. The molecule has 0 atom stereocenters. The first-order chi connectivity index (χ1) is 18.4. The highest BCUT2D eigenvalue weighted by atomic mass is 15.0. The van der Waals surface area contributed by atoms with Gasteiger partial charge < -0.3 is 0 Å². The molecule has 0 amide bonds. The fraction of sp³-hybridized carbons (Fsp3) is 0.229. The van der Waals surface area contributed by atoms with Gasteiger partial charge >= 0.3 is 0 Å². The number of aromatic nitrogens is 2. The number of fused-ring (bicyclic) bond motifs is 6. The van der Waals surface area contributed by atoms with Crippen molar-refractivity contribution in [2.24, 2.45) is 0 Å². The SMILES string of the molecule is CC.CC.CC.CC.c1ccc(-c2nc(-c3ccccc3)n3c4ccccc4c4ccccc4c23)cc1. The van der Waals surface area contributed by atoms with Gasteiger partial charge in [-0.15, -0.1) is 0 Å². The molecule has 0 bridgehead atoms. The molecule has 0 saturated carbocycles. The van der Waals surface area contributed by atoms with Crippen molar-refractivity contribution in [2.45, 2.75) is 55.4 Å². The van der Waals surface area contributed by atoms with E-state index >= 15 is 0 Å². The summed E-state index contributed by atoms with van der Waals surface area (Å²) in [6, 6.07) is 38.2.